The van der Waals surface area contributed by atoms with E-state index in [2.05, 4.69) is 0 Å². The van der Waals surface area contributed by atoms with Gasteiger partial charge in [0, 0.05) is 6.04 Å². The number of hydrogen-bond donors (Lipinski definition) is 1. The first-order chi connectivity index (χ1) is 7.66. The van der Waals surface area contributed by atoms with Crippen molar-refractivity contribution >= 4 is 5.57 Å². The summed E-state index contributed by atoms with van der Waals surface area (Å²) in [5.74, 6) is -1.60. The minimum atomic E-state index is -0.803. The molecule has 16 heavy (non-hydrogen) atoms. The van der Waals surface area contributed by atoms with E-state index in [0.29, 0.717) is 0 Å². The first kappa shape index (κ1) is 11.3. The zero-order chi connectivity index (χ0) is 11.5. The smallest absolute Gasteiger partial charge is 0.159 e. The third-order valence-electron chi connectivity index (χ3n) is 2.94. The zero-order valence-corrected chi connectivity index (χ0v) is 9.05. The fourth-order valence-electron chi connectivity index (χ4n) is 2.06. The van der Waals surface area contributed by atoms with Gasteiger partial charge in [-0.2, -0.15) is 0 Å². The van der Waals surface area contributed by atoms with Crippen molar-refractivity contribution in [3.05, 3.63) is 41.5 Å². The van der Waals surface area contributed by atoms with Crippen LogP contribution in [0.2, 0.25) is 0 Å². The van der Waals surface area contributed by atoms with E-state index >= 15 is 0 Å². The third kappa shape index (κ3) is 2.47. The molecule has 1 aliphatic rings. The van der Waals surface area contributed by atoms with E-state index in [-0.39, 0.29) is 6.04 Å². The van der Waals surface area contributed by atoms with Crippen LogP contribution in [-0.4, -0.2) is 6.04 Å². The minimum absolute atomic E-state index is 0.0330. The van der Waals surface area contributed by atoms with Gasteiger partial charge in [0.15, 0.2) is 11.6 Å². The number of allylic oxidation sites excluding steroid dienone is 1. The van der Waals surface area contributed by atoms with E-state index < -0.39 is 11.6 Å². The number of benzene rings is 1. The van der Waals surface area contributed by atoms with Crippen LogP contribution < -0.4 is 5.73 Å². The molecule has 0 saturated carbocycles. The molecular formula is C13H15F2N. The lowest BCUT2D eigenvalue weighted by Gasteiger charge is -2.07. The number of nitrogens with two attached hydrogens (primary N) is 1. The van der Waals surface area contributed by atoms with E-state index in [1.807, 2.05) is 6.08 Å². The molecule has 2 rings (SSSR count). The molecule has 86 valence electrons. The first-order valence-electron chi connectivity index (χ1n) is 5.58. The maximum absolute atomic E-state index is 13.1. The molecule has 0 bridgehead atoms. The van der Waals surface area contributed by atoms with Crippen LogP contribution in [0.3, 0.4) is 0 Å². The zero-order valence-electron chi connectivity index (χ0n) is 9.05. The van der Waals surface area contributed by atoms with Crippen LogP contribution in [-0.2, 0) is 0 Å². The van der Waals surface area contributed by atoms with E-state index in [4.69, 9.17) is 5.73 Å². The van der Waals surface area contributed by atoms with Crippen molar-refractivity contribution in [3.8, 4) is 0 Å². The van der Waals surface area contributed by atoms with E-state index in [1.54, 1.807) is 6.07 Å². The summed E-state index contributed by atoms with van der Waals surface area (Å²) in [7, 11) is 0. The highest BCUT2D eigenvalue weighted by Crippen LogP contribution is 2.26. The summed E-state index contributed by atoms with van der Waals surface area (Å²) < 4.78 is 25.9. The first-order valence-corrected chi connectivity index (χ1v) is 5.58. The SMILES string of the molecule is NC1C=C(c2ccc(F)c(F)c2)CCCC1. The van der Waals surface area contributed by atoms with Crippen molar-refractivity contribution in [1.29, 1.82) is 0 Å². The summed E-state index contributed by atoms with van der Waals surface area (Å²) in [5, 5.41) is 0. The van der Waals surface area contributed by atoms with E-state index in [9.17, 15) is 8.78 Å². The van der Waals surface area contributed by atoms with Crippen LogP contribution in [0.15, 0.2) is 24.3 Å². The highest BCUT2D eigenvalue weighted by molar-refractivity contribution is 5.66. The minimum Gasteiger partial charge on any atom is -0.324 e. The van der Waals surface area contributed by atoms with Gasteiger partial charge < -0.3 is 5.73 Å². The van der Waals surface area contributed by atoms with Gasteiger partial charge in [-0.3, -0.25) is 0 Å². The van der Waals surface area contributed by atoms with Gasteiger partial charge in [-0.25, -0.2) is 8.78 Å². The van der Waals surface area contributed by atoms with Crippen molar-refractivity contribution in [3.63, 3.8) is 0 Å². The summed E-state index contributed by atoms with van der Waals surface area (Å²) >= 11 is 0. The van der Waals surface area contributed by atoms with Gasteiger partial charge in [0.2, 0.25) is 0 Å². The molecule has 0 saturated heterocycles. The maximum Gasteiger partial charge on any atom is 0.159 e. The Morgan fingerprint density at radius 1 is 1.12 bits per heavy atom. The Labute approximate surface area is 94.0 Å². The van der Waals surface area contributed by atoms with Gasteiger partial charge in [-0.05, 0) is 42.5 Å². The highest BCUT2D eigenvalue weighted by Gasteiger charge is 2.11. The van der Waals surface area contributed by atoms with Crippen molar-refractivity contribution in [2.24, 2.45) is 5.73 Å². The second-order valence-corrected chi connectivity index (χ2v) is 4.23. The Balaban J connectivity index is 2.31. The van der Waals surface area contributed by atoms with Crippen LogP contribution >= 0.6 is 0 Å². The largest absolute Gasteiger partial charge is 0.324 e. The monoisotopic (exact) mass is 223 g/mol. The predicted molar refractivity (Wildman–Crippen MR) is 60.8 cm³/mol. The number of hydrogen-bond acceptors (Lipinski definition) is 1. The van der Waals surface area contributed by atoms with Gasteiger partial charge >= 0.3 is 0 Å². The van der Waals surface area contributed by atoms with Crippen LogP contribution in [0, 0.1) is 11.6 Å². The molecule has 0 radical (unpaired) electrons. The fraction of sp³-hybridized carbons (Fsp3) is 0.385. The molecule has 1 atom stereocenters. The predicted octanol–water partition coefficient (Wildman–Crippen LogP) is 3.25. The standard InChI is InChI=1S/C13H15F2N/c14-12-6-5-10(8-13(12)15)9-3-1-2-4-11(16)7-9/h5-8,11H,1-4,16H2. The molecule has 1 nitrogen and oxygen atoms in total. The van der Waals surface area contributed by atoms with E-state index in [0.717, 1.165) is 36.8 Å². The Morgan fingerprint density at radius 2 is 1.94 bits per heavy atom. The van der Waals surface area contributed by atoms with Crippen molar-refractivity contribution < 1.29 is 8.78 Å². The molecule has 1 aromatic rings. The van der Waals surface area contributed by atoms with Crippen LogP contribution in [0.1, 0.15) is 31.2 Å². The Bertz CT molecular complexity index is 412. The molecular weight excluding hydrogens is 208 g/mol. The van der Waals surface area contributed by atoms with Crippen LogP contribution in [0.4, 0.5) is 8.78 Å². The topological polar surface area (TPSA) is 26.0 Å². The Morgan fingerprint density at radius 3 is 2.69 bits per heavy atom. The van der Waals surface area contributed by atoms with Gasteiger partial charge in [0.25, 0.3) is 0 Å². The quantitative estimate of drug-likeness (QED) is 0.777. The molecule has 3 heteroatoms. The fourth-order valence-corrected chi connectivity index (χ4v) is 2.06. The average molecular weight is 223 g/mol. The van der Waals surface area contributed by atoms with Crippen molar-refractivity contribution in [1.82, 2.24) is 0 Å². The Kier molecular flexibility index (Phi) is 3.34. The molecule has 2 N–H and O–H groups in total. The second kappa shape index (κ2) is 4.74. The molecule has 0 heterocycles. The summed E-state index contributed by atoms with van der Waals surface area (Å²) in [5.41, 5.74) is 7.66. The summed E-state index contributed by atoms with van der Waals surface area (Å²) in [4.78, 5) is 0. The lowest BCUT2D eigenvalue weighted by molar-refractivity contribution is 0.508. The van der Waals surface area contributed by atoms with Gasteiger partial charge in [-0.15, -0.1) is 0 Å². The Hall–Kier alpha value is -1.22. The molecule has 0 fully saturated rings. The molecule has 0 spiro atoms. The third-order valence-corrected chi connectivity index (χ3v) is 2.94. The van der Waals surface area contributed by atoms with Gasteiger partial charge in [0.05, 0.1) is 0 Å². The summed E-state index contributed by atoms with van der Waals surface area (Å²) in [6.45, 7) is 0. The molecule has 0 amide bonds. The lowest BCUT2D eigenvalue weighted by Crippen LogP contribution is -2.15. The van der Waals surface area contributed by atoms with E-state index in [1.165, 1.54) is 12.1 Å². The second-order valence-electron chi connectivity index (χ2n) is 4.23. The average Bonchev–Trinajstić information content (AvgIpc) is 2.47. The van der Waals surface area contributed by atoms with Crippen LogP contribution in [0.25, 0.3) is 5.57 Å². The molecule has 1 unspecified atom stereocenters. The maximum atomic E-state index is 13.1. The van der Waals surface area contributed by atoms with Crippen LogP contribution in [0.5, 0.6) is 0 Å². The normalized spacial score (nSPS) is 21.4. The summed E-state index contributed by atoms with van der Waals surface area (Å²) in [6.07, 6.45) is 5.97. The molecule has 0 aromatic heterocycles. The number of halogens is 2. The molecule has 0 aliphatic heterocycles. The summed E-state index contributed by atoms with van der Waals surface area (Å²) in [6, 6.07) is 4.06. The molecule has 1 aromatic carbocycles. The van der Waals surface area contributed by atoms with Gasteiger partial charge in [-0.1, -0.05) is 18.6 Å². The highest BCUT2D eigenvalue weighted by atomic mass is 19.2. The number of rotatable bonds is 1. The molecule has 1 aliphatic carbocycles. The lowest BCUT2D eigenvalue weighted by atomic mass is 10.0. The van der Waals surface area contributed by atoms with Gasteiger partial charge in [0.1, 0.15) is 0 Å². The van der Waals surface area contributed by atoms with Crippen molar-refractivity contribution in [2.45, 2.75) is 31.7 Å². The van der Waals surface area contributed by atoms with Crippen molar-refractivity contribution in [2.75, 3.05) is 0 Å².